The van der Waals surface area contributed by atoms with Crippen molar-refractivity contribution >= 4 is 11.6 Å². The fourth-order valence-electron chi connectivity index (χ4n) is 2.54. The van der Waals surface area contributed by atoms with Gasteiger partial charge in [0.1, 0.15) is 5.69 Å². The lowest BCUT2D eigenvalue weighted by Crippen LogP contribution is -2.31. The third-order valence-electron chi connectivity index (χ3n) is 3.68. The van der Waals surface area contributed by atoms with Gasteiger partial charge in [-0.25, -0.2) is 4.98 Å². The zero-order valence-electron chi connectivity index (χ0n) is 9.94. The minimum atomic E-state index is -4.65. The summed E-state index contributed by atoms with van der Waals surface area (Å²) in [6.45, 7) is 1.24. The molecule has 0 bridgehead atoms. The predicted molar refractivity (Wildman–Crippen MR) is 61.2 cm³/mol. The number of fused-ring (bicyclic) bond motifs is 1. The van der Waals surface area contributed by atoms with E-state index >= 15 is 0 Å². The first kappa shape index (κ1) is 12.3. The predicted octanol–water partition coefficient (Wildman–Crippen LogP) is 1.77. The normalized spacial score (nSPS) is 25.3. The monoisotopic (exact) mass is 271 g/mol. The Bertz CT molecular complexity index is 534. The van der Waals surface area contributed by atoms with E-state index in [1.165, 1.54) is 6.07 Å². The number of hydrogen-bond acceptors (Lipinski definition) is 3. The lowest BCUT2D eigenvalue weighted by Gasteiger charge is -2.18. The summed E-state index contributed by atoms with van der Waals surface area (Å²) < 4.78 is 38.0. The second-order valence-corrected chi connectivity index (χ2v) is 5.10. The maximum Gasteiger partial charge on any atom is 0.435 e. The van der Waals surface area contributed by atoms with Crippen molar-refractivity contribution < 1.29 is 18.0 Å². The summed E-state index contributed by atoms with van der Waals surface area (Å²) in [6.07, 6.45) is -3.53. The van der Waals surface area contributed by atoms with Crippen LogP contribution >= 0.6 is 0 Å². The van der Waals surface area contributed by atoms with Gasteiger partial charge in [-0.1, -0.05) is 0 Å². The molecule has 2 heterocycles. The van der Waals surface area contributed by atoms with Crippen LogP contribution in [-0.4, -0.2) is 28.9 Å². The molecule has 3 rings (SSSR count). The minimum absolute atomic E-state index is 0.192. The zero-order chi connectivity index (χ0) is 13.8. The Morgan fingerprint density at radius 3 is 2.53 bits per heavy atom. The molecule has 2 N–H and O–H groups in total. The average Bonchev–Trinajstić information content (AvgIpc) is 2.94. The van der Waals surface area contributed by atoms with Crippen molar-refractivity contribution in [2.24, 2.45) is 11.8 Å². The van der Waals surface area contributed by atoms with Crippen LogP contribution in [0.4, 0.5) is 18.9 Å². The van der Waals surface area contributed by atoms with E-state index in [1.807, 2.05) is 0 Å². The molecule has 0 radical (unpaired) electrons. The molecule has 1 saturated heterocycles. The van der Waals surface area contributed by atoms with Crippen LogP contribution in [0.1, 0.15) is 22.6 Å². The summed E-state index contributed by atoms with van der Waals surface area (Å²) in [5.41, 5.74) is 3.40. The Hall–Kier alpha value is -1.79. The Labute approximate surface area is 107 Å². The Morgan fingerprint density at radius 2 is 1.95 bits per heavy atom. The van der Waals surface area contributed by atoms with Crippen LogP contribution < -0.4 is 5.73 Å². The highest BCUT2D eigenvalue weighted by molar-refractivity contribution is 5.93. The van der Waals surface area contributed by atoms with Gasteiger partial charge < -0.3 is 10.6 Å². The molecular formula is C12H12F3N3O. The molecule has 0 aromatic carbocycles. The number of anilines is 1. The number of rotatable bonds is 1. The first-order valence-corrected chi connectivity index (χ1v) is 5.99. The van der Waals surface area contributed by atoms with Gasteiger partial charge in [0.05, 0.1) is 5.69 Å². The van der Waals surface area contributed by atoms with Crippen molar-refractivity contribution in [3.63, 3.8) is 0 Å². The molecule has 7 heteroatoms. The van der Waals surface area contributed by atoms with Crippen LogP contribution in [0.2, 0.25) is 0 Å². The van der Waals surface area contributed by atoms with Gasteiger partial charge in [-0.05, 0) is 30.4 Å². The SMILES string of the molecule is Nc1ccc(C(=O)N2CC3CC3C2)nc1C(F)(F)F. The topological polar surface area (TPSA) is 59.2 Å². The van der Waals surface area contributed by atoms with Gasteiger partial charge >= 0.3 is 6.18 Å². The van der Waals surface area contributed by atoms with Crippen molar-refractivity contribution in [3.05, 3.63) is 23.5 Å². The van der Waals surface area contributed by atoms with Crippen LogP contribution in [0.5, 0.6) is 0 Å². The molecule has 1 amide bonds. The Balaban J connectivity index is 1.86. The van der Waals surface area contributed by atoms with Gasteiger partial charge in [0.2, 0.25) is 0 Å². The molecule has 2 unspecified atom stereocenters. The summed E-state index contributed by atoms with van der Waals surface area (Å²) in [7, 11) is 0. The molecular weight excluding hydrogens is 259 g/mol. The van der Waals surface area contributed by atoms with Crippen molar-refractivity contribution in [1.29, 1.82) is 0 Å². The largest absolute Gasteiger partial charge is 0.435 e. The standard InChI is InChI=1S/C12H12F3N3O/c13-12(14,15)10-8(16)1-2-9(17-10)11(19)18-4-6-3-7(6)5-18/h1-2,6-7H,3-5,16H2. The molecule has 2 atom stereocenters. The number of piperidine rings is 1. The first-order valence-electron chi connectivity index (χ1n) is 5.99. The highest BCUT2D eigenvalue weighted by Crippen LogP contribution is 2.45. The number of aromatic nitrogens is 1. The van der Waals surface area contributed by atoms with Gasteiger partial charge in [-0.2, -0.15) is 13.2 Å². The molecule has 1 aliphatic heterocycles. The van der Waals surface area contributed by atoms with Crippen LogP contribution in [0.3, 0.4) is 0 Å². The molecule has 1 aromatic heterocycles. The van der Waals surface area contributed by atoms with E-state index in [-0.39, 0.29) is 5.69 Å². The average molecular weight is 271 g/mol. The van der Waals surface area contributed by atoms with Crippen LogP contribution in [-0.2, 0) is 6.18 Å². The quantitative estimate of drug-likeness (QED) is 0.847. The molecule has 2 aliphatic rings. The summed E-state index contributed by atoms with van der Waals surface area (Å²) in [4.78, 5) is 17.0. The van der Waals surface area contributed by atoms with Gasteiger partial charge in [-0.15, -0.1) is 0 Å². The maximum absolute atomic E-state index is 12.7. The van der Waals surface area contributed by atoms with Crippen LogP contribution in [0.15, 0.2) is 12.1 Å². The molecule has 1 aliphatic carbocycles. The summed E-state index contributed by atoms with van der Waals surface area (Å²) in [5.74, 6) is 0.609. The van der Waals surface area contributed by atoms with Crippen LogP contribution in [0.25, 0.3) is 0 Å². The van der Waals surface area contributed by atoms with Gasteiger partial charge in [-0.3, -0.25) is 4.79 Å². The molecule has 2 fully saturated rings. The second kappa shape index (κ2) is 3.85. The number of alkyl halides is 3. The maximum atomic E-state index is 12.7. The number of pyridine rings is 1. The fraction of sp³-hybridized carbons (Fsp3) is 0.500. The van der Waals surface area contributed by atoms with E-state index in [4.69, 9.17) is 5.73 Å². The number of likely N-dealkylation sites (tertiary alicyclic amines) is 1. The van der Waals surface area contributed by atoms with E-state index in [0.29, 0.717) is 24.9 Å². The van der Waals surface area contributed by atoms with Gasteiger partial charge in [0, 0.05) is 13.1 Å². The lowest BCUT2D eigenvalue weighted by atomic mass is 10.2. The Kier molecular flexibility index (Phi) is 2.48. The molecule has 1 saturated carbocycles. The lowest BCUT2D eigenvalue weighted by molar-refractivity contribution is -0.140. The minimum Gasteiger partial charge on any atom is -0.397 e. The van der Waals surface area contributed by atoms with Crippen molar-refractivity contribution in [3.8, 4) is 0 Å². The van der Waals surface area contributed by atoms with E-state index in [1.54, 1.807) is 4.90 Å². The number of halogens is 3. The number of nitrogen functional groups attached to an aromatic ring is 1. The number of amides is 1. The van der Waals surface area contributed by atoms with Gasteiger partial charge in [0.25, 0.3) is 5.91 Å². The van der Waals surface area contributed by atoms with Crippen LogP contribution in [0, 0.1) is 11.8 Å². The molecule has 102 valence electrons. The molecule has 4 nitrogen and oxygen atoms in total. The van der Waals surface area contributed by atoms with Crippen molar-refractivity contribution in [2.45, 2.75) is 12.6 Å². The van der Waals surface area contributed by atoms with E-state index in [0.717, 1.165) is 12.5 Å². The number of carbonyl (C=O) groups is 1. The number of nitrogens with zero attached hydrogens (tertiary/aromatic N) is 2. The van der Waals surface area contributed by atoms with E-state index in [2.05, 4.69) is 4.98 Å². The third kappa shape index (κ3) is 2.13. The summed E-state index contributed by atoms with van der Waals surface area (Å²) in [5, 5.41) is 0. The van der Waals surface area contributed by atoms with Crippen molar-refractivity contribution in [1.82, 2.24) is 9.88 Å². The number of hydrogen-bond donors (Lipinski definition) is 1. The van der Waals surface area contributed by atoms with Crippen molar-refractivity contribution in [2.75, 3.05) is 18.8 Å². The Morgan fingerprint density at radius 1 is 1.32 bits per heavy atom. The molecule has 19 heavy (non-hydrogen) atoms. The second-order valence-electron chi connectivity index (χ2n) is 5.10. The fourth-order valence-corrected chi connectivity index (χ4v) is 2.54. The zero-order valence-corrected chi connectivity index (χ0v) is 9.94. The highest BCUT2D eigenvalue weighted by atomic mass is 19.4. The summed E-state index contributed by atoms with van der Waals surface area (Å²) >= 11 is 0. The highest BCUT2D eigenvalue weighted by Gasteiger charge is 2.47. The smallest absolute Gasteiger partial charge is 0.397 e. The first-order chi connectivity index (χ1) is 8.86. The van der Waals surface area contributed by atoms with Gasteiger partial charge in [0.15, 0.2) is 5.69 Å². The molecule has 1 aromatic rings. The summed E-state index contributed by atoms with van der Waals surface area (Å²) in [6, 6.07) is 2.33. The van der Waals surface area contributed by atoms with E-state index < -0.39 is 23.5 Å². The molecule has 0 spiro atoms. The number of carbonyl (C=O) groups excluding carboxylic acids is 1. The number of nitrogens with two attached hydrogens (primary N) is 1. The third-order valence-corrected chi connectivity index (χ3v) is 3.68. The van der Waals surface area contributed by atoms with E-state index in [9.17, 15) is 18.0 Å².